The lowest BCUT2D eigenvalue weighted by atomic mass is 10.1. The summed E-state index contributed by atoms with van der Waals surface area (Å²) < 4.78 is 11.6. The molecule has 1 N–H and O–H groups in total. The Hall–Kier alpha value is -3.23. The highest BCUT2D eigenvalue weighted by atomic mass is 35.5. The summed E-state index contributed by atoms with van der Waals surface area (Å²) in [4.78, 5) is 19.8. The van der Waals surface area contributed by atoms with Crippen LogP contribution >= 0.6 is 11.6 Å². The van der Waals surface area contributed by atoms with Gasteiger partial charge in [0.15, 0.2) is 0 Å². The van der Waals surface area contributed by atoms with Crippen molar-refractivity contribution in [3.05, 3.63) is 64.9 Å². The highest BCUT2D eigenvalue weighted by Crippen LogP contribution is 2.33. The quantitative estimate of drug-likeness (QED) is 0.455. The van der Waals surface area contributed by atoms with E-state index in [1.54, 1.807) is 18.3 Å². The third kappa shape index (κ3) is 5.94. The van der Waals surface area contributed by atoms with Crippen molar-refractivity contribution in [1.82, 2.24) is 20.5 Å². The number of hydrogen-bond donors (Lipinski definition) is 1. The zero-order valence-electron chi connectivity index (χ0n) is 20.3. The molecule has 8 nitrogen and oxygen atoms in total. The number of hydrogen-bond acceptors (Lipinski definition) is 7. The van der Waals surface area contributed by atoms with E-state index < -0.39 is 0 Å². The Balaban J connectivity index is 1.25. The van der Waals surface area contributed by atoms with Gasteiger partial charge < -0.3 is 19.7 Å². The Bertz CT molecular complexity index is 1220. The average Bonchev–Trinajstić information content (AvgIpc) is 3.76. The number of amides is 1. The number of nitrogens with one attached hydrogen (secondary N) is 1. The van der Waals surface area contributed by atoms with Crippen molar-refractivity contribution < 1.29 is 14.3 Å². The molecular formula is C27H30ClN5O3. The second-order valence-corrected chi connectivity index (χ2v) is 9.65. The number of pyridine rings is 1. The third-order valence-electron chi connectivity index (χ3n) is 6.52. The second-order valence-electron chi connectivity index (χ2n) is 9.24. The number of morpholine rings is 1. The van der Waals surface area contributed by atoms with Crippen LogP contribution in [0.1, 0.15) is 42.1 Å². The van der Waals surface area contributed by atoms with Crippen LogP contribution in [0.4, 0.5) is 5.82 Å². The van der Waals surface area contributed by atoms with E-state index in [1.807, 2.05) is 24.3 Å². The Morgan fingerprint density at radius 1 is 1.28 bits per heavy atom. The molecule has 1 aromatic carbocycles. The molecule has 1 saturated carbocycles. The predicted molar refractivity (Wildman–Crippen MR) is 138 cm³/mol. The second kappa shape index (κ2) is 11.2. The molecule has 1 saturated heterocycles. The van der Waals surface area contributed by atoms with Crippen molar-refractivity contribution in [1.29, 1.82) is 0 Å². The number of carbonyl (C=O) groups excluding carboxylic acids is 1. The van der Waals surface area contributed by atoms with Crippen LogP contribution in [-0.4, -0.2) is 53.5 Å². The Morgan fingerprint density at radius 3 is 2.97 bits per heavy atom. The molecular weight excluding hydrogens is 478 g/mol. The molecule has 188 valence electrons. The Labute approximate surface area is 216 Å². The summed E-state index contributed by atoms with van der Waals surface area (Å²) in [5.74, 6) is 1.95. The van der Waals surface area contributed by atoms with Crippen LogP contribution in [0.2, 0.25) is 5.02 Å². The highest BCUT2D eigenvalue weighted by Gasteiger charge is 2.23. The van der Waals surface area contributed by atoms with E-state index in [4.69, 9.17) is 21.1 Å². The molecule has 1 aliphatic carbocycles. The molecule has 2 fully saturated rings. The van der Waals surface area contributed by atoms with E-state index in [2.05, 4.69) is 32.3 Å². The molecule has 2 aliphatic rings. The molecule has 3 heterocycles. The Kier molecular flexibility index (Phi) is 7.63. The number of halogens is 1. The van der Waals surface area contributed by atoms with Crippen molar-refractivity contribution >= 4 is 23.3 Å². The van der Waals surface area contributed by atoms with Crippen LogP contribution in [0.3, 0.4) is 0 Å². The summed E-state index contributed by atoms with van der Waals surface area (Å²) in [6, 6.07) is 11.1. The number of rotatable bonds is 9. The molecule has 3 aromatic rings. The minimum absolute atomic E-state index is 0.192. The number of ether oxygens (including phenoxy) is 2. The van der Waals surface area contributed by atoms with Crippen LogP contribution < -0.4 is 15.0 Å². The van der Waals surface area contributed by atoms with Crippen LogP contribution in [0, 0.1) is 5.92 Å². The monoisotopic (exact) mass is 507 g/mol. The first-order valence-corrected chi connectivity index (χ1v) is 12.8. The molecule has 1 unspecified atom stereocenters. The van der Waals surface area contributed by atoms with Gasteiger partial charge in [0.2, 0.25) is 0 Å². The molecule has 0 bridgehead atoms. The van der Waals surface area contributed by atoms with Crippen LogP contribution in [0.15, 0.2) is 48.8 Å². The number of anilines is 1. The summed E-state index contributed by atoms with van der Waals surface area (Å²) >= 11 is 6.43. The lowest BCUT2D eigenvalue weighted by Gasteiger charge is -2.34. The molecule has 1 aliphatic heterocycles. The van der Waals surface area contributed by atoms with Crippen molar-refractivity contribution in [3.63, 3.8) is 0 Å². The van der Waals surface area contributed by atoms with Gasteiger partial charge in [0.05, 0.1) is 41.8 Å². The van der Waals surface area contributed by atoms with Gasteiger partial charge in [-0.15, -0.1) is 0 Å². The number of nitrogens with zero attached hydrogens (tertiary/aromatic N) is 4. The number of carbonyl (C=O) groups is 1. The fourth-order valence-electron chi connectivity index (χ4n) is 4.19. The largest absolute Gasteiger partial charge is 0.492 e. The van der Waals surface area contributed by atoms with Gasteiger partial charge >= 0.3 is 0 Å². The van der Waals surface area contributed by atoms with Crippen molar-refractivity contribution in [2.75, 3.05) is 31.2 Å². The van der Waals surface area contributed by atoms with Crippen molar-refractivity contribution in [2.24, 2.45) is 5.92 Å². The number of aromatic nitrogens is 3. The first-order valence-electron chi connectivity index (χ1n) is 12.4. The third-order valence-corrected chi connectivity index (χ3v) is 6.81. The molecule has 1 atom stereocenters. The van der Waals surface area contributed by atoms with Gasteiger partial charge in [-0.05, 0) is 55.5 Å². The van der Waals surface area contributed by atoms with Crippen molar-refractivity contribution in [3.8, 4) is 17.0 Å². The fraction of sp³-hybridized carbons (Fsp3) is 0.407. The Morgan fingerprint density at radius 2 is 2.17 bits per heavy atom. The summed E-state index contributed by atoms with van der Waals surface area (Å²) in [7, 11) is 0. The highest BCUT2D eigenvalue weighted by molar-refractivity contribution is 6.32. The van der Waals surface area contributed by atoms with E-state index >= 15 is 0 Å². The zero-order chi connectivity index (χ0) is 24.9. The topological polar surface area (TPSA) is 89.5 Å². The maximum atomic E-state index is 13.0. The van der Waals surface area contributed by atoms with Crippen LogP contribution in [0.5, 0.6) is 5.75 Å². The lowest BCUT2D eigenvalue weighted by molar-refractivity contribution is 0.0381. The molecule has 5 rings (SSSR count). The molecule has 1 amide bonds. The smallest absolute Gasteiger partial charge is 0.253 e. The number of benzene rings is 1. The fourth-order valence-corrected chi connectivity index (χ4v) is 4.43. The van der Waals surface area contributed by atoms with Gasteiger partial charge in [-0.1, -0.05) is 24.6 Å². The molecule has 0 radical (unpaired) electrons. The lowest BCUT2D eigenvalue weighted by Crippen LogP contribution is -2.43. The van der Waals surface area contributed by atoms with E-state index in [1.165, 1.54) is 19.0 Å². The molecule has 2 aromatic heterocycles. The molecule has 36 heavy (non-hydrogen) atoms. The minimum atomic E-state index is -0.232. The minimum Gasteiger partial charge on any atom is -0.492 e. The summed E-state index contributed by atoms with van der Waals surface area (Å²) in [6.07, 6.45) is 6.82. The standard InChI is InChI=1S/C27H30ClN5O3/c1-2-22-16-33(10-11-35-22)26-20(4-3-9-29-26)14-30-27(34)21-13-24(32-31-15-21)19-7-8-25(23(28)12-19)36-17-18-5-6-18/h3-4,7-9,12-13,15,18,22H,2,5-6,10-11,14,16-17H2,1H3,(H,30,34). The summed E-state index contributed by atoms with van der Waals surface area (Å²) in [5, 5.41) is 11.8. The summed E-state index contributed by atoms with van der Waals surface area (Å²) in [6.45, 7) is 5.41. The van der Waals surface area contributed by atoms with Gasteiger partial charge in [0.1, 0.15) is 11.6 Å². The zero-order valence-corrected chi connectivity index (χ0v) is 21.1. The molecule has 9 heteroatoms. The van der Waals surface area contributed by atoms with E-state index in [9.17, 15) is 4.79 Å². The van der Waals surface area contributed by atoms with Gasteiger partial charge in [-0.25, -0.2) is 4.98 Å². The predicted octanol–water partition coefficient (Wildman–Crippen LogP) is 4.53. The molecule has 0 spiro atoms. The van der Waals surface area contributed by atoms with Crippen LogP contribution in [0.25, 0.3) is 11.3 Å². The van der Waals surface area contributed by atoms with E-state index in [0.29, 0.717) is 47.7 Å². The SMILES string of the molecule is CCC1CN(c2ncccc2CNC(=O)c2cnnc(-c3ccc(OCC4CC4)c(Cl)c3)c2)CCO1. The van der Waals surface area contributed by atoms with Crippen LogP contribution in [-0.2, 0) is 11.3 Å². The average molecular weight is 508 g/mol. The van der Waals surface area contributed by atoms with Gasteiger partial charge in [-0.3, -0.25) is 4.79 Å². The van der Waals surface area contributed by atoms with E-state index in [0.717, 1.165) is 36.5 Å². The first kappa shape index (κ1) is 24.5. The van der Waals surface area contributed by atoms with E-state index in [-0.39, 0.29) is 12.0 Å². The normalized spacial score (nSPS) is 17.6. The van der Waals surface area contributed by atoms with Crippen molar-refractivity contribution in [2.45, 2.75) is 38.8 Å². The van der Waals surface area contributed by atoms with Gasteiger partial charge in [0.25, 0.3) is 5.91 Å². The van der Waals surface area contributed by atoms with Gasteiger partial charge in [0, 0.05) is 37.0 Å². The maximum Gasteiger partial charge on any atom is 0.253 e. The maximum absolute atomic E-state index is 13.0. The summed E-state index contributed by atoms with van der Waals surface area (Å²) in [5.41, 5.74) is 2.72. The van der Waals surface area contributed by atoms with Gasteiger partial charge in [-0.2, -0.15) is 10.2 Å². The first-order chi connectivity index (χ1) is 17.6.